The Morgan fingerprint density at radius 2 is 1.73 bits per heavy atom. The molecule has 0 aliphatic carbocycles. The molecule has 0 heterocycles. The zero-order chi connectivity index (χ0) is 8.53. The van der Waals surface area contributed by atoms with Crippen molar-refractivity contribution < 1.29 is 14.7 Å². The van der Waals surface area contributed by atoms with E-state index in [1.54, 1.807) is 0 Å². The lowest BCUT2D eigenvalue weighted by Gasteiger charge is -2.01. The summed E-state index contributed by atoms with van der Waals surface area (Å²) in [6.45, 7) is 1.13. The van der Waals surface area contributed by atoms with Gasteiger partial charge in [0, 0.05) is 6.61 Å². The van der Waals surface area contributed by atoms with Crippen molar-refractivity contribution in [2.24, 2.45) is 5.73 Å². The van der Waals surface area contributed by atoms with Crippen LogP contribution in [0.2, 0.25) is 0 Å². The van der Waals surface area contributed by atoms with E-state index >= 15 is 0 Å². The van der Waals surface area contributed by atoms with Gasteiger partial charge in [0.05, 0.1) is 0 Å². The van der Waals surface area contributed by atoms with Crippen LogP contribution in [0, 0.1) is 0 Å². The Morgan fingerprint density at radius 1 is 1.09 bits per heavy atom. The van der Waals surface area contributed by atoms with Gasteiger partial charge >= 0.3 is 7.32 Å². The van der Waals surface area contributed by atoms with Crippen molar-refractivity contribution in [3.05, 3.63) is 0 Å². The highest BCUT2D eigenvalue weighted by molar-refractivity contribution is 6.32. The van der Waals surface area contributed by atoms with Crippen molar-refractivity contribution in [2.45, 2.75) is 25.7 Å². The molecule has 0 aromatic heterocycles. The van der Waals surface area contributed by atoms with E-state index in [-0.39, 0.29) is 0 Å². The average molecular weight is 161 g/mol. The van der Waals surface area contributed by atoms with Gasteiger partial charge in [-0.1, -0.05) is 12.8 Å². The normalized spacial score (nSPS) is 10.1. The predicted octanol–water partition coefficient (Wildman–Crippen LogP) is -0.508. The van der Waals surface area contributed by atoms with Crippen molar-refractivity contribution in [3.8, 4) is 0 Å². The molecule has 11 heavy (non-hydrogen) atoms. The molecule has 0 bridgehead atoms. The number of hydrogen-bond donors (Lipinski definition) is 3. The van der Waals surface area contributed by atoms with Gasteiger partial charge in [-0.3, -0.25) is 0 Å². The van der Waals surface area contributed by atoms with E-state index in [1.165, 1.54) is 0 Å². The lowest BCUT2D eigenvalue weighted by atomic mass is 10.2. The first-order valence-corrected chi connectivity index (χ1v) is 3.95. The Morgan fingerprint density at radius 3 is 2.27 bits per heavy atom. The highest BCUT2D eigenvalue weighted by Gasteiger charge is 2.06. The third-order valence-electron chi connectivity index (χ3n) is 1.37. The van der Waals surface area contributed by atoms with E-state index in [0.717, 1.165) is 32.2 Å². The number of nitrogens with two attached hydrogens (primary N) is 1. The molecule has 0 atom stereocenters. The first-order chi connectivity index (χ1) is 5.27. The second-order valence-electron chi connectivity index (χ2n) is 2.40. The van der Waals surface area contributed by atoms with E-state index in [2.05, 4.69) is 4.65 Å². The van der Waals surface area contributed by atoms with Gasteiger partial charge < -0.3 is 20.4 Å². The fourth-order valence-electron chi connectivity index (χ4n) is 0.789. The summed E-state index contributed by atoms with van der Waals surface area (Å²) in [7, 11) is -1.62. The van der Waals surface area contributed by atoms with Gasteiger partial charge in [0.25, 0.3) is 0 Å². The monoisotopic (exact) mass is 161 g/mol. The highest BCUT2D eigenvalue weighted by atomic mass is 16.6. The summed E-state index contributed by atoms with van der Waals surface area (Å²) in [4.78, 5) is 0. The minimum atomic E-state index is -1.62. The highest BCUT2D eigenvalue weighted by Crippen LogP contribution is 1.98. The van der Waals surface area contributed by atoms with Gasteiger partial charge in [-0.05, 0) is 19.4 Å². The summed E-state index contributed by atoms with van der Waals surface area (Å²) < 4.78 is 4.50. The third kappa shape index (κ3) is 9.90. The first kappa shape index (κ1) is 10.9. The molecule has 0 saturated heterocycles. The molecule has 0 aliphatic heterocycles. The second-order valence-corrected chi connectivity index (χ2v) is 2.40. The van der Waals surface area contributed by atoms with Crippen molar-refractivity contribution in [3.63, 3.8) is 0 Å². The Labute approximate surface area is 67.5 Å². The third-order valence-corrected chi connectivity index (χ3v) is 1.37. The van der Waals surface area contributed by atoms with Crippen LogP contribution in [0.25, 0.3) is 0 Å². The molecule has 0 saturated carbocycles. The number of hydrogen-bond acceptors (Lipinski definition) is 4. The van der Waals surface area contributed by atoms with Crippen LogP contribution in [0.5, 0.6) is 0 Å². The van der Waals surface area contributed by atoms with Crippen LogP contribution in [0.15, 0.2) is 0 Å². The Balaban J connectivity index is 2.80. The summed E-state index contributed by atoms with van der Waals surface area (Å²) in [6, 6.07) is 0. The van der Waals surface area contributed by atoms with Crippen LogP contribution < -0.4 is 5.73 Å². The Hall–Kier alpha value is -0.0951. The topological polar surface area (TPSA) is 75.7 Å². The smallest absolute Gasteiger partial charge is 0.402 e. The van der Waals surface area contributed by atoms with Crippen LogP contribution in [-0.4, -0.2) is 30.5 Å². The Kier molecular flexibility index (Phi) is 7.94. The molecule has 0 aromatic carbocycles. The van der Waals surface area contributed by atoms with E-state index in [4.69, 9.17) is 15.8 Å². The molecule has 0 aliphatic rings. The van der Waals surface area contributed by atoms with Gasteiger partial charge in [0.2, 0.25) is 0 Å². The Bertz CT molecular complexity index is 82.2. The molecular formula is C6H16BNO3. The minimum absolute atomic E-state index is 0.405. The van der Waals surface area contributed by atoms with Crippen molar-refractivity contribution in [1.29, 1.82) is 0 Å². The molecule has 0 unspecified atom stereocenters. The molecule has 4 nitrogen and oxygen atoms in total. The molecule has 0 fully saturated rings. The molecule has 0 radical (unpaired) electrons. The van der Waals surface area contributed by atoms with Gasteiger partial charge in [-0.25, -0.2) is 0 Å². The SMILES string of the molecule is NCCCCCCOB(O)O. The minimum Gasteiger partial charge on any atom is -0.402 e. The standard InChI is InChI=1S/C6H16BNO3/c8-5-3-1-2-4-6-11-7(9)10/h9-10H,1-6,8H2. The molecule has 5 heteroatoms. The molecule has 0 aromatic rings. The fourth-order valence-corrected chi connectivity index (χ4v) is 0.789. The van der Waals surface area contributed by atoms with Gasteiger partial charge in [0.1, 0.15) is 0 Å². The van der Waals surface area contributed by atoms with E-state index < -0.39 is 7.32 Å². The van der Waals surface area contributed by atoms with Gasteiger partial charge in [0.15, 0.2) is 0 Å². The second kappa shape index (κ2) is 8.01. The van der Waals surface area contributed by atoms with Crippen molar-refractivity contribution in [1.82, 2.24) is 0 Å². The van der Waals surface area contributed by atoms with Crippen LogP contribution in [0.4, 0.5) is 0 Å². The van der Waals surface area contributed by atoms with Crippen LogP contribution in [0.3, 0.4) is 0 Å². The number of unbranched alkanes of at least 4 members (excludes halogenated alkanes) is 3. The summed E-state index contributed by atoms with van der Waals surface area (Å²) in [5.41, 5.74) is 5.28. The van der Waals surface area contributed by atoms with E-state index in [1.807, 2.05) is 0 Å². The van der Waals surface area contributed by atoms with Crippen LogP contribution in [-0.2, 0) is 4.65 Å². The quantitative estimate of drug-likeness (QED) is 0.347. The van der Waals surface area contributed by atoms with E-state index in [9.17, 15) is 0 Å². The van der Waals surface area contributed by atoms with E-state index in [0.29, 0.717) is 6.61 Å². The largest absolute Gasteiger partial charge is 0.633 e. The van der Waals surface area contributed by atoms with Crippen molar-refractivity contribution in [2.75, 3.05) is 13.2 Å². The average Bonchev–Trinajstić information content (AvgIpc) is 1.96. The fraction of sp³-hybridized carbons (Fsp3) is 1.00. The van der Waals surface area contributed by atoms with Gasteiger partial charge in [-0.15, -0.1) is 0 Å². The summed E-state index contributed by atoms with van der Waals surface area (Å²) >= 11 is 0. The summed E-state index contributed by atoms with van der Waals surface area (Å²) in [6.07, 6.45) is 4.00. The van der Waals surface area contributed by atoms with Gasteiger partial charge in [-0.2, -0.15) is 0 Å². The maximum atomic E-state index is 8.27. The first-order valence-electron chi connectivity index (χ1n) is 3.95. The molecule has 0 spiro atoms. The lowest BCUT2D eigenvalue weighted by Crippen LogP contribution is -2.17. The lowest BCUT2D eigenvalue weighted by molar-refractivity contribution is 0.182. The van der Waals surface area contributed by atoms with Crippen LogP contribution in [0.1, 0.15) is 25.7 Å². The molecule has 66 valence electrons. The maximum Gasteiger partial charge on any atom is 0.633 e. The molecule has 0 amide bonds. The zero-order valence-corrected chi connectivity index (χ0v) is 6.70. The zero-order valence-electron chi connectivity index (χ0n) is 6.70. The predicted molar refractivity (Wildman–Crippen MR) is 43.7 cm³/mol. The summed E-state index contributed by atoms with van der Waals surface area (Å²) in [5.74, 6) is 0. The summed E-state index contributed by atoms with van der Waals surface area (Å²) in [5, 5.41) is 16.5. The molecular weight excluding hydrogens is 145 g/mol. The number of rotatable bonds is 7. The van der Waals surface area contributed by atoms with Crippen LogP contribution >= 0.6 is 0 Å². The maximum absolute atomic E-state index is 8.27. The van der Waals surface area contributed by atoms with Crippen molar-refractivity contribution >= 4 is 7.32 Å². The molecule has 0 rings (SSSR count). The molecule has 4 N–H and O–H groups in total.